The van der Waals surface area contributed by atoms with Crippen molar-refractivity contribution in [3.8, 4) is 11.8 Å². The number of hydrogen-bond donors (Lipinski definition) is 1. The van der Waals surface area contributed by atoms with Crippen molar-refractivity contribution in [2.24, 2.45) is 5.41 Å². The van der Waals surface area contributed by atoms with Gasteiger partial charge in [-0.1, -0.05) is 33.5 Å². The van der Waals surface area contributed by atoms with E-state index in [1.54, 1.807) is 14.0 Å². The summed E-state index contributed by atoms with van der Waals surface area (Å²) in [7, 11) is 1.61. The second kappa shape index (κ2) is 6.71. The second-order valence-electron chi connectivity index (χ2n) is 5.69. The van der Waals surface area contributed by atoms with E-state index >= 15 is 0 Å². The molecule has 1 aliphatic heterocycles. The molecule has 0 unspecified atom stereocenters. The van der Waals surface area contributed by atoms with E-state index in [-0.39, 0.29) is 17.9 Å². The molecule has 0 amide bonds. The lowest BCUT2D eigenvalue weighted by molar-refractivity contribution is -0.187. The topological polar surface area (TPSA) is 65.0 Å². The van der Waals surface area contributed by atoms with Crippen molar-refractivity contribution >= 4 is 21.9 Å². The zero-order valence-corrected chi connectivity index (χ0v) is 14.6. The summed E-state index contributed by atoms with van der Waals surface area (Å²) in [6, 6.07) is 0. The molecule has 4 atom stereocenters. The molecular weight excluding hydrogens is 352 g/mol. The molecule has 0 spiro atoms. The number of alkyl halides is 1. The van der Waals surface area contributed by atoms with Crippen LogP contribution in [0.5, 0.6) is 0 Å². The molecule has 2 bridgehead atoms. The van der Waals surface area contributed by atoms with Crippen LogP contribution >= 0.6 is 15.9 Å². The quantitative estimate of drug-likeness (QED) is 0.268. The van der Waals surface area contributed by atoms with Gasteiger partial charge in [0.25, 0.3) is 0 Å². The maximum atomic E-state index is 11.2. The van der Waals surface area contributed by atoms with Crippen LogP contribution in [0.15, 0.2) is 11.6 Å². The van der Waals surface area contributed by atoms with E-state index in [0.29, 0.717) is 13.0 Å². The van der Waals surface area contributed by atoms with Crippen LogP contribution < -0.4 is 0 Å². The van der Waals surface area contributed by atoms with E-state index in [1.807, 2.05) is 13.0 Å². The molecule has 1 aliphatic carbocycles. The molecule has 122 valence electrons. The fourth-order valence-corrected chi connectivity index (χ4v) is 4.18. The molecule has 1 N–H and O–H groups in total. The van der Waals surface area contributed by atoms with Crippen molar-refractivity contribution in [1.29, 1.82) is 0 Å². The van der Waals surface area contributed by atoms with Gasteiger partial charge in [0.15, 0.2) is 5.79 Å². The summed E-state index contributed by atoms with van der Waals surface area (Å²) in [5, 5.41) is 10.6. The van der Waals surface area contributed by atoms with Crippen molar-refractivity contribution in [3.05, 3.63) is 11.6 Å². The number of methoxy groups -OCH3 is 1. The lowest BCUT2D eigenvalue weighted by atomic mass is 9.72. The minimum atomic E-state index is -0.772. The largest absolute Gasteiger partial charge is 0.456 e. The molecule has 1 saturated heterocycles. The number of hydrogen-bond acceptors (Lipinski definition) is 5. The summed E-state index contributed by atoms with van der Waals surface area (Å²) in [6.07, 6.45) is 2.08. The first-order valence-electron chi connectivity index (χ1n) is 7.25. The zero-order valence-electron chi connectivity index (χ0n) is 13.0. The average Bonchev–Trinajstić information content (AvgIpc) is 2.66. The Balaban J connectivity index is 2.16. The lowest BCUT2D eigenvalue weighted by Gasteiger charge is -2.41. The SMILES string of the molecule is CCOC(=O)C#CC[C@@H](O)[C@]12C=C(C)C[C@](OC)(OC1)[C@H]2Br. The van der Waals surface area contributed by atoms with Crippen LogP contribution in [0.3, 0.4) is 0 Å². The zero-order chi connectivity index (χ0) is 16.4. The van der Waals surface area contributed by atoms with Gasteiger partial charge in [-0.2, -0.15) is 0 Å². The second-order valence-corrected chi connectivity index (χ2v) is 6.60. The smallest absolute Gasteiger partial charge is 0.384 e. The Morgan fingerprint density at radius 2 is 2.41 bits per heavy atom. The molecule has 6 heteroatoms. The number of halogens is 1. The average molecular weight is 373 g/mol. The molecular formula is C16H21BrO5. The molecule has 0 aromatic heterocycles. The van der Waals surface area contributed by atoms with Crippen LogP contribution in [-0.4, -0.2) is 48.1 Å². The van der Waals surface area contributed by atoms with Crippen LogP contribution in [-0.2, 0) is 19.0 Å². The summed E-state index contributed by atoms with van der Waals surface area (Å²) in [5.41, 5.74) is 0.495. The highest BCUT2D eigenvalue weighted by Crippen LogP contribution is 2.54. The number of aliphatic hydroxyl groups excluding tert-OH is 1. The number of fused-ring (bicyclic) bond motifs is 2. The summed E-state index contributed by atoms with van der Waals surface area (Å²) in [6.45, 7) is 4.34. The highest BCUT2D eigenvalue weighted by molar-refractivity contribution is 9.09. The van der Waals surface area contributed by atoms with Crippen LogP contribution in [0.2, 0.25) is 0 Å². The summed E-state index contributed by atoms with van der Waals surface area (Å²) >= 11 is 3.64. The molecule has 5 nitrogen and oxygen atoms in total. The first-order valence-corrected chi connectivity index (χ1v) is 8.17. The molecule has 0 aromatic carbocycles. The van der Waals surface area contributed by atoms with E-state index in [4.69, 9.17) is 14.2 Å². The van der Waals surface area contributed by atoms with Gasteiger partial charge in [-0.15, -0.1) is 0 Å². The van der Waals surface area contributed by atoms with Crippen LogP contribution in [0.1, 0.15) is 26.7 Å². The molecule has 2 rings (SSSR count). The predicted octanol–water partition coefficient (Wildman–Crippen LogP) is 1.78. The van der Waals surface area contributed by atoms with E-state index < -0.39 is 23.3 Å². The van der Waals surface area contributed by atoms with Gasteiger partial charge in [0.2, 0.25) is 0 Å². The molecule has 0 saturated carbocycles. The maximum Gasteiger partial charge on any atom is 0.384 e. The van der Waals surface area contributed by atoms with Gasteiger partial charge in [-0.05, 0) is 13.8 Å². The molecule has 2 aliphatic rings. The Morgan fingerprint density at radius 1 is 1.68 bits per heavy atom. The number of rotatable bonds is 4. The van der Waals surface area contributed by atoms with E-state index in [0.717, 1.165) is 5.57 Å². The first kappa shape index (κ1) is 17.5. The Kier molecular flexibility index (Phi) is 5.33. The molecule has 22 heavy (non-hydrogen) atoms. The minimum Gasteiger partial charge on any atom is -0.456 e. The third kappa shape index (κ3) is 2.95. The van der Waals surface area contributed by atoms with Crippen LogP contribution in [0.25, 0.3) is 0 Å². The summed E-state index contributed by atoms with van der Waals surface area (Å²) in [5.74, 6) is 3.74. The maximum absolute atomic E-state index is 11.2. The highest BCUT2D eigenvalue weighted by Gasteiger charge is 2.62. The van der Waals surface area contributed by atoms with Gasteiger partial charge in [0, 0.05) is 25.9 Å². The minimum absolute atomic E-state index is 0.161. The standard InChI is InChI=1S/C16H21BrO5/c1-4-21-13(19)7-5-6-12(18)15-8-11(2)9-16(20-3,14(15)17)22-10-15/h8,12,14,18H,4,6,9-10H2,1-3H3/t12-,14+,15+,16+/m1/s1. The first-order chi connectivity index (χ1) is 10.4. The number of carbonyl (C=O) groups excluding carboxylic acids is 1. The summed E-state index contributed by atoms with van der Waals surface area (Å²) in [4.78, 5) is 11.0. The van der Waals surface area contributed by atoms with Crippen LogP contribution in [0, 0.1) is 17.3 Å². The number of ether oxygens (including phenoxy) is 3. The van der Waals surface area contributed by atoms with Gasteiger partial charge in [0.05, 0.1) is 29.6 Å². The van der Waals surface area contributed by atoms with E-state index in [2.05, 4.69) is 27.8 Å². The van der Waals surface area contributed by atoms with Crippen LogP contribution in [0.4, 0.5) is 0 Å². The molecule has 0 aromatic rings. The third-order valence-electron chi connectivity index (χ3n) is 4.19. The van der Waals surface area contributed by atoms with Gasteiger partial charge in [0.1, 0.15) is 0 Å². The van der Waals surface area contributed by atoms with Gasteiger partial charge in [-0.25, -0.2) is 4.79 Å². The van der Waals surface area contributed by atoms with Crippen molar-refractivity contribution in [2.75, 3.05) is 20.3 Å². The summed E-state index contributed by atoms with van der Waals surface area (Å²) < 4.78 is 16.2. The van der Waals surface area contributed by atoms with Crippen molar-refractivity contribution in [2.45, 2.75) is 43.4 Å². The molecule has 0 radical (unpaired) electrons. The number of carbonyl (C=O) groups is 1. The Bertz CT molecular complexity index is 534. The van der Waals surface area contributed by atoms with Crippen molar-refractivity contribution in [1.82, 2.24) is 0 Å². The molecule has 1 fully saturated rings. The van der Waals surface area contributed by atoms with Crippen molar-refractivity contribution < 1.29 is 24.1 Å². The fraction of sp³-hybridized carbons (Fsp3) is 0.688. The van der Waals surface area contributed by atoms with E-state index in [1.165, 1.54) is 0 Å². The van der Waals surface area contributed by atoms with Crippen molar-refractivity contribution in [3.63, 3.8) is 0 Å². The Morgan fingerprint density at radius 3 is 3.05 bits per heavy atom. The number of aliphatic hydroxyl groups is 1. The normalized spacial score (nSPS) is 34.4. The Hall–Kier alpha value is -0.870. The number of esters is 1. The van der Waals surface area contributed by atoms with Gasteiger partial charge >= 0.3 is 5.97 Å². The predicted molar refractivity (Wildman–Crippen MR) is 84.2 cm³/mol. The van der Waals surface area contributed by atoms with E-state index in [9.17, 15) is 9.90 Å². The molecule has 1 heterocycles. The lowest BCUT2D eigenvalue weighted by Crippen LogP contribution is -2.50. The third-order valence-corrected chi connectivity index (χ3v) is 5.74. The van der Waals surface area contributed by atoms with Gasteiger partial charge in [-0.3, -0.25) is 0 Å². The monoisotopic (exact) mass is 372 g/mol. The fourth-order valence-electron chi connectivity index (χ4n) is 3.13. The Labute approximate surface area is 139 Å². The van der Waals surface area contributed by atoms with Gasteiger partial charge < -0.3 is 19.3 Å². The highest BCUT2D eigenvalue weighted by atomic mass is 79.9.